The normalized spacial score (nSPS) is 13.9. The molecule has 0 unspecified atom stereocenters. The van der Waals surface area contributed by atoms with E-state index in [0.29, 0.717) is 36.0 Å². The second-order valence-corrected chi connectivity index (χ2v) is 7.89. The number of benzene rings is 3. The van der Waals surface area contributed by atoms with Crippen LogP contribution in [-0.2, 0) is 10.9 Å². The third-order valence-corrected chi connectivity index (χ3v) is 5.20. The number of morpholine rings is 1. The highest BCUT2D eigenvalue weighted by Crippen LogP contribution is 2.32. The Bertz CT molecular complexity index is 1140. The standard InChI is InChI=1S/C25H24F3N3O3/c1-17-13-18(25(26,27)28)15-20(14-17)30-24(32)29-19-5-7-22(8-6-19)34-23-4-2-3-21(16-23)31-9-11-33-12-10-31/h2-8,13-16H,9-12H2,1H3,(H2,29,30,32). The Morgan fingerprint density at radius 3 is 2.32 bits per heavy atom. The third-order valence-electron chi connectivity index (χ3n) is 5.20. The molecule has 0 aliphatic carbocycles. The molecule has 0 bridgehead atoms. The van der Waals surface area contributed by atoms with E-state index in [2.05, 4.69) is 15.5 Å². The minimum Gasteiger partial charge on any atom is -0.457 e. The van der Waals surface area contributed by atoms with Crippen LogP contribution in [0.2, 0.25) is 0 Å². The van der Waals surface area contributed by atoms with Gasteiger partial charge in [0.05, 0.1) is 18.8 Å². The van der Waals surface area contributed by atoms with Crippen molar-refractivity contribution in [3.8, 4) is 11.5 Å². The highest BCUT2D eigenvalue weighted by molar-refractivity contribution is 5.99. The Labute approximate surface area is 195 Å². The van der Waals surface area contributed by atoms with Gasteiger partial charge in [0.1, 0.15) is 11.5 Å². The predicted octanol–water partition coefficient (Wildman–Crippen LogP) is 6.29. The SMILES string of the molecule is Cc1cc(NC(=O)Nc2ccc(Oc3cccc(N4CCOCC4)c3)cc2)cc(C(F)(F)F)c1. The van der Waals surface area contributed by atoms with Crippen LogP contribution in [0.5, 0.6) is 11.5 Å². The van der Waals surface area contributed by atoms with Crippen molar-refractivity contribution in [2.24, 2.45) is 0 Å². The fraction of sp³-hybridized carbons (Fsp3) is 0.240. The van der Waals surface area contributed by atoms with Crippen LogP contribution >= 0.6 is 0 Å². The van der Waals surface area contributed by atoms with Gasteiger partial charge in [-0.1, -0.05) is 6.07 Å². The Hall–Kier alpha value is -3.72. The van der Waals surface area contributed by atoms with Crippen molar-refractivity contribution in [2.75, 3.05) is 41.8 Å². The summed E-state index contributed by atoms with van der Waals surface area (Å²) < 4.78 is 50.3. The summed E-state index contributed by atoms with van der Waals surface area (Å²) in [6.45, 7) is 4.58. The van der Waals surface area contributed by atoms with E-state index in [1.807, 2.05) is 24.3 Å². The molecule has 4 rings (SSSR count). The first-order valence-electron chi connectivity index (χ1n) is 10.7. The first kappa shape index (κ1) is 23.4. The number of hydrogen-bond donors (Lipinski definition) is 2. The van der Waals surface area contributed by atoms with Gasteiger partial charge in [-0.2, -0.15) is 13.2 Å². The second-order valence-electron chi connectivity index (χ2n) is 7.89. The molecule has 1 saturated heterocycles. The lowest BCUT2D eigenvalue weighted by Gasteiger charge is -2.29. The number of urea groups is 1. The summed E-state index contributed by atoms with van der Waals surface area (Å²) in [6.07, 6.45) is -4.49. The molecule has 1 heterocycles. The summed E-state index contributed by atoms with van der Waals surface area (Å²) >= 11 is 0. The van der Waals surface area contributed by atoms with E-state index in [9.17, 15) is 18.0 Å². The quantitative estimate of drug-likeness (QED) is 0.459. The number of nitrogens with zero attached hydrogens (tertiary/aromatic N) is 1. The number of alkyl halides is 3. The van der Waals surface area contributed by atoms with Crippen molar-refractivity contribution in [3.05, 3.63) is 77.9 Å². The first-order chi connectivity index (χ1) is 16.3. The van der Waals surface area contributed by atoms with Crippen molar-refractivity contribution >= 4 is 23.1 Å². The maximum Gasteiger partial charge on any atom is 0.416 e. The Kier molecular flexibility index (Phi) is 6.93. The summed E-state index contributed by atoms with van der Waals surface area (Å²) in [5, 5.41) is 5.05. The van der Waals surface area contributed by atoms with Gasteiger partial charge in [-0.15, -0.1) is 0 Å². The van der Waals surface area contributed by atoms with Gasteiger partial charge in [0, 0.05) is 36.2 Å². The average Bonchev–Trinajstić information content (AvgIpc) is 2.80. The monoisotopic (exact) mass is 471 g/mol. The first-order valence-corrected chi connectivity index (χ1v) is 10.7. The molecule has 0 saturated carbocycles. The molecule has 34 heavy (non-hydrogen) atoms. The van der Waals surface area contributed by atoms with Crippen molar-refractivity contribution in [1.82, 2.24) is 0 Å². The fourth-order valence-corrected chi connectivity index (χ4v) is 3.62. The van der Waals surface area contributed by atoms with Crippen LogP contribution in [0, 0.1) is 6.92 Å². The smallest absolute Gasteiger partial charge is 0.416 e. The number of nitrogens with one attached hydrogen (secondary N) is 2. The van der Waals surface area contributed by atoms with Crippen LogP contribution in [0.15, 0.2) is 66.7 Å². The van der Waals surface area contributed by atoms with Gasteiger partial charge in [-0.05, 0) is 67.1 Å². The van der Waals surface area contributed by atoms with Crippen molar-refractivity contribution in [2.45, 2.75) is 13.1 Å². The van der Waals surface area contributed by atoms with E-state index in [1.54, 1.807) is 24.3 Å². The number of amides is 2. The molecule has 178 valence electrons. The molecule has 3 aromatic carbocycles. The van der Waals surface area contributed by atoms with Gasteiger partial charge < -0.3 is 25.0 Å². The largest absolute Gasteiger partial charge is 0.457 e. The number of rotatable bonds is 5. The van der Waals surface area contributed by atoms with Crippen molar-refractivity contribution in [3.63, 3.8) is 0 Å². The molecule has 2 amide bonds. The number of hydrogen-bond acceptors (Lipinski definition) is 4. The van der Waals surface area contributed by atoms with Crippen LogP contribution in [0.1, 0.15) is 11.1 Å². The van der Waals surface area contributed by atoms with Gasteiger partial charge in [-0.3, -0.25) is 0 Å². The maximum atomic E-state index is 13.0. The Morgan fingerprint density at radius 2 is 1.62 bits per heavy atom. The second kappa shape index (κ2) is 10.0. The molecule has 1 aliphatic rings. The summed E-state index contributed by atoms with van der Waals surface area (Å²) in [4.78, 5) is 14.5. The molecule has 0 aromatic heterocycles. The van der Waals surface area contributed by atoms with Crippen LogP contribution in [0.3, 0.4) is 0 Å². The number of aryl methyl sites for hydroxylation is 1. The third kappa shape index (κ3) is 6.20. The van der Waals surface area contributed by atoms with Gasteiger partial charge in [-0.25, -0.2) is 4.79 Å². The van der Waals surface area contributed by atoms with E-state index >= 15 is 0 Å². The number of ether oxygens (including phenoxy) is 2. The Morgan fingerprint density at radius 1 is 0.912 bits per heavy atom. The van der Waals surface area contributed by atoms with E-state index in [-0.39, 0.29) is 5.69 Å². The summed E-state index contributed by atoms with van der Waals surface area (Å²) in [5.41, 5.74) is 1.16. The summed E-state index contributed by atoms with van der Waals surface area (Å²) in [7, 11) is 0. The molecule has 6 nitrogen and oxygen atoms in total. The highest BCUT2D eigenvalue weighted by Gasteiger charge is 2.31. The van der Waals surface area contributed by atoms with E-state index < -0.39 is 17.8 Å². The van der Waals surface area contributed by atoms with Gasteiger partial charge in [0.25, 0.3) is 0 Å². The summed E-state index contributed by atoms with van der Waals surface area (Å²) in [6, 6.07) is 17.2. The molecule has 1 fully saturated rings. The minimum absolute atomic E-state index is 0.0601. The fourth-order valence-electron chi connectivity index (χ4n) is 3.62. The number of halogens is 3. The molecule has 0 spiro atoms. The van der Waals surface area contributed by atoms with Gasteiger partial charge in [0.15, 0.2) is 0 Å². The van der Waals surface area contributed by atoms with E-state index in [1.165, 1.54) is 13.0 Å². The number of carbonyl (C=O) groups is 1. The zero-order valence-corrected chi connectivity index (χ0v) is 18.5. The lowest BCUT2D eigenvalue weighted by atomic mass is 10.1. The highest BCUT2D eigenvalue weighted by atomic mass is 19.4. The van der Waals surface area contributed by atoms with Crippen LogP contribution in [0.25, 0.3) is 0 Å². The van der Waals surface area contributed by atoms with Crippen LogP contribution in [0.4, 0.5) is 35.0 Å². The van der Waals surface area contributed by atoms with E-state index in [0.717, 1.165) is 30.9 Å². The average molecular weight is 471 g/mol. The molecule has 0 atom stereocenters. The van der Waals surface area contributed by atoms with Crippen LogP contribution in [-0.4, -0.2) is 32.3 Å². The zero-order chi connectivity index (χ0) is 24.1. The summed E-state index contributed by atoms with van der Waals surface area (Å²) in [5.74, 6) is 1.26. The predicted molar refractivity (Wildman–Crippen MR) is 125 cm³/mol. The number of anilines is 3. The minimum atomic E-state index is -4.49. The molecular formula is C25H24F3N3O3. The van der Waals surface area contributed by atoms with Crippen molar-refractivity contribution < 1.29 is 27.4 Å². The lowest BCUT2D eigenvalue weighted by molar-refractivity contribution is -0.137. The molecular weight excluding hydrogens is 447 g/mol. The molecule has 0 radical (unpaired) electrons. The van der Waals surface area contributed by atoms with Crippen LogP contribution < -0.4 is 20.3 Å². The van der Waals surface area contributed by atoms with E-state index in [4.69, 9.17) is 9.47 Å². The molecule has 3 aromatic rings. The lowest BCUT2D eigenvalue weighted by Crippen LogP contribution is -2.36. The molecule has 1 aliphatic heterocycles. The Balaban J connectivity index is 1.36. The molecule has 9 heteroatoms. The topological polar surface area (TPSA) is 62.8 Å². The van der Waals surface area contributed by atoms with Gasteiger partial charge >= 0.3 is 12.2 Å². The zero-order valence-electron chi connectivity index (χ0n) is 18.5. The number of carbonyl (C=O) groups excluding carboxylic acids is 1. The molecule has 2 N–H and O–H groups in total. The van der Waals surface area contributed by atoms with Crippen molar-refractivity contribution in [1.29, 1.82) is 0 Å². The maximum absolute atomic E-state index is 13.0. The van der Waals surface area contributed by atoms with Gasteiger partial charge in [0.2, 0.25) is 0 Å².